The van der Waals surface area contributed by atoms with Crippen LogP contribution < -0.4 is 15.0 Å². The molecule has 21 nitrogen and oxygen atoms in total. The van der Waals surface area contributed by atoms with Gasteiger partial charge in [-0.3, -0.25) is 34.1 Å². The fraction of sp³-hybridized carbons (Fsp3) is 0.458. The average molecular weight is 1040 g/mol. The van der Waals surface area contributed by atoms with Crippen molar-refractivity contribution in [3.63, 3.8) is 0 Å². The van der Waals surface area contributed by atoms with Crippen LogP contribution in [0.3, 0.4) is 0 Å². The molecule has 3 unspecified atom stereocenters. The maximum Gasteiger partial charge on any atom is 0.737 e. The van der Waals surface area contributed by atoms with E-state index in [0.29, 0.717) is 41.2 Å². The summed E-state index contributed by atoms with van der Waals surface area (Å²) in [6.45, 7) is -0.756. The van der Waals surface area contributed by atoms with Crippen molar-refractivity contribution >= 4 is 64.2 Å². The van der Waals surface area contributed by atoms with Gasteiger partial charge in [-0.1, -0.05) is 23.3 Å². The number of nitro groups is 1. The van der Waals surface area contributed by atoms with Gasteiger partial charge in [0.25, 0.3) is 17.5 Å². The van der Waals surface area contributed by atoms with Crippen molar-refractivity contribution in [1.82, 2.24) is 14.9 Å². The number of benzene rings is 2. The quantitative estimate of drug-likeness (QED) is 0.0210. The van der Waals surface area contributed by atoms with E-state index in [1.165, 1.54) is 13.0 Å². The SMILES string of the molecule is Cc1cc(CCC(=O)NC(CS(=O)(=O)[O-])C(=O)CCC[NH+](C)CCOc2cc([N+](=O)[O-])c(C(C)OC(=O)ON3C(=O)CCC3=O)cc2CO)n2c1C=C1C(CCC[N+](C)(C)C)=CC(c3ccccc3)=[N+]1[B-]2(F)F. The van der Waals surface area contributed by atoms with Crippen LogP contribution in [0.4, 0.5) is 19.1 Å². The number of likely N-dealkylation sites (N-methyl/N-ethyl adjacent to an activating group) is 1. The van der Waals surface area contributed by atoms with E-state index in [1.54, 1.807) is 50.4 Å². The van der Waals surface area contributed by atoms with Gasteiger partial charge in [-0.25, -0.2) is 13.2 Å². The number of aryl methyl sites for hydroxylation is 2. The summed E-state index contributed by atoms with van der Waals surface area (Å²) in [4.78, 5) is 79.4. The van der Waals surface area contributed by atoms with Gasteiger partial charge in [0.15, 0.2) is 17.2 Å². The minimum atomic E-state index is -5.01. The molecule has 0 radical (unpaired) electrons. The minimum absolute atomic E-state index is 0.0406. The number of nitro benzene ring substituents is 1. The zero-order valence-corrected chi connectivity index (χ0v) is 42.4. The van der Waals surface area contributed by atoms with E-state index in [9.17, 15) is 52.2 Å². The van der Waals surface area contributed by atoms with Gasteiger partial charge in [0.1, 0.15) is 31.0 Å². The number of carbonyl (C=O) groups is 5. The molecule has 0 spiro atoms. The van der Waals surface area contributed by atoms with Crippen molar-refractivity contribution in [3.8, 4) is 5.75 Å². The second-order valence-electron chi connectivity index (χ2n) is 19.4. The van der Waals surface area contributed by atoms with Crippen LogP contribution in [0.15, 0.2) is 65.9 Å². The first-order valence-corrected chi connectivity index (χ1v) is 25.4. The molecular formula is C48H61BF2N7O14S+. The monoisotopic (exact) mass is 1040 g/mol. The lowest BCUT2D eigenvalue weighted by Crippen LogP contribution is -3.09. The smallest absolute Gasteiger partial charge is 0.737 e. The number of quaternary nitrogens is 2. The molecule has 25 heteroatoms. The van der Waals surface area contributed by atoms with Gasteiger partial charge in [-0.15, -0.1) is 0 Å². The van der Waals surface area contributed by atoms with E-state index in [4.69, 9.17) is 9.47 Å². The van der Waals surface area contributed by atoms with E-state index in [0.717, 1.165) is 43.0 Å². The summed E-state index contributed by atoms with van der Waals surface area (Å²) in [7, 11) is 2.94. The number of hydrogen-bond acceptors (Lipinski definition) is 14. The molecule has 1 saturated heterocycles. The topological polar surface area (TPSA) is 261 Å². The number of imide groups is 1. The second kappa shape index (κ2) is 23.0. The maximum absolute atomic E-state index is 17.1. The summed E-state index contributed by atoms with van der Waals surface area (Å²) in [5.41, 5.74) is 2.62. The van der Waals surface area contributed by atoms with Crippen molar-refractivity contribution < 1.29 is 83.8 Å². The first-order valence-electron chi connectivity index (χ1n) is 23.8. The number of carbonyl (C=O) groups excluding carboxylic acids is 5. The largest absolute Gasteiger partial charge is 0.748 e. The van der Waals surface area contributed by atoms with Crippen LogP contribution in [0, 0.1) is 17.0 Å². The predicted octanol–water partition coefficient (Wildman–Crippen LogP) is 2.89. The Bertz CT molecular complexity index is 2850. The van der Waals surface area contributed by atoms with Crippen LogP contribution in [0.5, 0.6) is 5.75 Å². The Balaban J connectivity index is 1.04. The number of aromatic nitrogens is 1. The van der Waals surface area contributed by atoms with Crippen LogP contribution in [0.25, 0.3) is 6.08 Å². The molecule has 3 amide bonds. The van der Waals surface area contributed by atoms with Gasteiger partial charge >= 0.3 is 13.1 Å². The van der Waals surface area contributed by atoms with Gasteiger partial charge in [0.05, 0.1) is 80.3 Å². The molecule has 4 heterocycles. The maximum atomic E-state index is 17.1. The van der Waals surface area contributed by atoms with Crippen LogP contribution in [0.2, 0.25) is 0 Å². The zero-order valence-electron chi connectivity index (χ0n) is 41.6. The summed E-state index contributed by atoms with van der Waals surface area (Å²) in [5, 5.41) is 24.7. The van der Waals surface area contributed by atoms with Crippen LogP contribution in [0.1, 0.15) is 91.6 Å². The highest BCUT2D eigenvalue weighted by Gasteiger charge is 2.54. The third kappa shape index (κ3) is 13.9. The van der Waals surface area contributed by atoms with Gasteiger partial charge in [0.2, 0.25) is 5.91 Å². The first kappa shape index (κ1) is 55.6. The van der Waals surface area contributed by atoms with Crippen molar-refractivity contribution in [2.45, 2.75) is 84.0 Å². The number of allylic oxidation sites excluding steroid dienone is 2. The summed E-state index contributed by atoms with van der Waals surface area (Å²) in [6, 6.07) is 11.1. The van der Waals surface area contributed by atoms with E-state index < -0.39 is 88.3 Å². The molecule has 1 fully saturated rings. The number of ether oxygens (including phenoxy) is 2. The third-order valence-electron chi connectivity index (χ3n) is 12.7. The van der Waals surface area contributed by atoms with Crippen molar-refractivity contribution in [1.29, 1.82) is 0 Å². The number of fused-ring (bicyclic) bond motifs is 2. The Morgan fingerprint density at radius 2 is 1.70 bits per heavy atom. The van der Waals surface area contributed by atoms with E-state index >= 15 is 8.63 Å². The third-order valence-corrected chi connectivity index (χ3v) is 13.5. The number of aliphatic hydroxyl groups is 1. The number of hydroxylamine groups is 2. The number of nitrogens with one attached hydrogen (secondary N) is 2. The summed E-state index contributed by atoms with van der Waals surface area (Å²) >= 11 is 0. The summed E-state index contributed by atoms with van der Waals surface area (Å²) in [6.07, 6.45) is 1.16. The molecule has 3 N–H and O–H groups in total. The van der Waals surface area contributed by atoms with Gasteiger partial charge in [-0.05, 0) is 62.2 Å². The highest BCUT2D eigenvalue weighted by atomic mass is 32.2. The van der Waals surface area contributed by atoms with Crippen molar-refractivity contribution in [2.75, 3.05) is 60.2 Å². The summed E-state index contributed by atoms with van der Waals surface area (Å²) < 4.78 is 83.6. The number of nitrogens with zero attached hydrogens (tertiary/aromatic N) is 5. The molecule has 2 aromatic carbocycles. The number of amides is 3. The Labute approximate surface area is 421 Å². The van der Waals surface area contributed by atoms with Gasteiger partial charge in [-0.2, -0.15) is 0 Å². The Morgan fingerprint density at radius 1 is 1.01 bits per heavy atom. The number of rotatable bonds is 25. The fourth-order valence-corrected chi connectivity index (χ4v) is 9.73. The molecule has 3 atom stereocenters. The first-order chi connectivity index (χ1) is 34.3. The molecule has 73 heavy (non-hydrogen) atoms. The Hall–Kier alpha value is -6.67. The number of Topliss-reactive ketones (excluding diaryl/α,β-unsaturated/α-hetero) is 1. The molecule has 0 saturated carbocycles. The second-order valence-corrected chi connectivity index (χ2v) is 20.9. The molecule has 1 aromatic heterocycles. The van der Waals surface area contributed by atoms with Crippen molar-refractivity contribution in [2.24, 2.45) is 0 Å². The molecule has 0 aliphatic carbocycles. The number of halogens is 2. The molecule has 3 aliphatic rings. The molecule has 3 aromatic rings. The van der Waals surface area contributed by atoms with E-state index in [2.05, 4.69) is 31.3 Å². The number of aliphatic hydroxyl groups excluding tert-OH is 1. The Kier molecular flexibility index (Phi) is 17.6. The standard InChI is InChI=1S/C48H60BF2N7O14S/c1-31-24-36(54-39(31)27-41-34(14-11-22-58(4,5)6)26-40(55(41)49(54,50)51)33-12-8-7-9-13-33)16-17-45(61)52-38(30-73(67,68)69)43(60)15-10-20-53(3)21-23-70-44-28-42(57(65)66)37(25-35(44)29-59)32(2)71-48(64)72-56-46(62)18-19-47(56)63/h7-9,12-13,24-28,32,38,59H,10-11,14-23,29-30H2,1-6H3,(H-,52,61,67,68,69)/p+1. The number of hydrogen-bond donors (Lipinski definition) is 3. The average Bonchev–Trinajstić information content (AvgIpc) is 3.96. The summed E-state index contributed by atoms with van der Waals surface area (Å²) in [5.74, 6) is -4.32. The van der Waals surface area contributed by atoms with E-state index in [-0.39, 0.29) is 72.9 Å². The molecule has 3 aliphatic heterocycles. The highest BCUT2D eigenvalue weighted by molar-refractivity contribution is 7.85. The van der Waals surface area contributed by atoms with Crippen molar-refractivity contribution in [3.05, 3.63) is 110 Å². The van der Waals surface area contributed by atoms with Gasteiger partial charge in [0, 0.05) is 73.1 Å². The van der Waals surface area contributed by atoms with Crippen LogP contribution >= 0.6 is 0 Å². The lowest BCUT2D eigenvalue weighted by atomic mass is 9.88. The highest BCUT2D eigenvalue weighted by Crippen LogP contribution is 2.40. The Morgan fingerprint density at radius 3 is 2.33 bits per heavy atom. The normalized spacial score (nSPS) is 16.5. The van der Waals surface area contributed by atoms with E-state index in [1.807, 2.05) is 12.1 Å². The zero-order chi connectivity index (χ0) is 53.6. The minimum Gasteiger partial charge on any atom is -0.748 e. The molecule has 0 bridgehead atoms. The lowest BCUT2D eigenvalue weighted by Gasteiger charge is -2.32. The number of ketones is 1. The van der Waals surface area contributed by atoms with Gasteiger partial charge < -0.3 is 51.4 Å². The predicted molar refractivity (Wildman–Crippen MR) is 259 cm³/mol. The van der Waals surface area contributed by atoms with Crippen LogP contribution in [-0.4, -0.2) is 150 Å². The molecule has 6 rings (SSSR count). The molecule has 394 valence electrons. The van der Waals surface area contributed by atoms with Crippen LogP contribution in [-0.2, 0) is 51.9 Å². The lowest BCUT2D eigenvalue weighted by molar-refractivity contribution is -0.879. The fourth-order valence-electron chi connectivity index (χ4n) is 9.05. The molecular weight excluding hydrogens is 979 g/mol.